The van der Waals surface area contributed by atoms with Gasteiger partial charge in [0.2, 0.25) is 5.95 Å². The molecule has 0 aromatic carbocycles. The average Bonchev–Trinajstić information content (AvgIpc) is 3.13. The van der Waals surface area contributed by atoms with E-state index in [-0.39, 0.29) is 29.3 Å². The summed E-state index contributed by atoms with van der Waals surface area (Å²) < 4.78 is 13.0. The summed E-state index contributed by atoms with van der Waals surface area (Å²) in [6.45, 7) is 3.62. The molecule has 27 heavy (non-hydrogen) atoms. The number of aliphatic hydroxyl groups is 1. The van der Waals surface area contributed by atoms with Crippen LogP contribution in [0.3, 0.4) is 0 Å². The summed E-state index contributed by atoms with van der Waals surface area (Å²) in [6, 6.07) is 0. The van der Waals surface area contributed by atoms with Crippen molar-refractivity contribution in [2.75, 3.05) is 11.5 Å². The summed E-state index contributed by atoms with van der Waals surface area (Å²) in [4.78, 5) is 35.1. The van der Waals surface area contributed by atoms with Gasteiger partial charge in [-0.3, -0.25) is 19.1 Å². The van der Waals surface area contributed by atoms with E-state index in [0.29, 0.717) is 12.2 Å². The first-order valence-electron chi connectivity index (χ1n) is 8.81. The number of H-pyrrole nitrogens is 1. The largest absolute Gasteiger partial charge is 0.455 e. The van der Waals surface area contributed by atoms with E-state index in [9.17, 15) is 14.7 Å². The van der Waals surface area contributed by atoms with E-state index < -0.39 is 36.1 Å². The van der Waals surface area contributed by atoms with Crippen molar-refractivity contribution in [1.29, 1.82) is 0 Å². The molecule has 4 N–H and O–H groups in total. The van der Waals surface area contributed by atoms with Gasteiger partial charge in [-0.05, 0) is 6.42 Å². The molecule has 4 atom stereocenters. The molecule has 11 heteroatoms. The number of imidazole rings is 1. The second-order valence-electron chi connectivity index (χ2n) is 6.32. The summed E-state index contributed by atoms with van der Waals surface area (Å²) >= 11 is 4.20. The van der Waals surface area contributed by atoms with Crippen molar-refractivity contribution in [2.24, 2.45) is 0 Å². The van der Waals surface area contributed by atoms with E-state index in [0.717, 1.165) is 6.42 Å². The minimum Gasteiger partial charge on any atom is -0.455 e. The van der Waals surface area contributed by atoms with Crippen LogP contribution in [-0.4, -0.2) is 54.7 Å². The van der Waals surface area contributed by atoms with Crippen molar-refractivity contribution in [3.05, 3.63) is 16.2 Å². The smallest absolute Gasteiger partial charge is 0.306 e. The number of ether oxygens (including phenoxy) is 2. The molecule has 1 fully saturated rings. The number of carbonyl (C=O) groups is 1. The minimum absolute atomic E-state index is 0.0666. The number of aliphatic hydroxyl groups excluding tert-OH is 1. The number of hydrogen-bond donors (Lipinski definition) is 4. The molecule has 0 aliphatic carbocycles. The topological polar surface area (TPSA) is 145 Å². The van der Waals surface area contributed by atoms with Crippen molar-refractivity contribution in [1.82, 2.24) is 19.5 Å². The van der Waals surface area contributed by atoms with Crippen LogP contribution in [0.4, 0.5) is 5.95 Å². The quantitative estimate of drug-likeness (QED) is 0.398. The van der Waals surface area contributed by atoms with Crippen LogP contribution in [0.1, 0.15) is 38.7 Å². The number of anilines is 1. The lowest BCUT2D eigenvalue weighted by atomic mass is 10.1. The van der Waals surface area contributed by atoms with Gasteiger partial charge in [-0.15, -0.1) is 0 Å². The van der Waals surface area contributed by atoms with Crippen LogP contribution in [0.5, 0.6) is 0 Å². The molecule has 2 aromatic rings. The number of nitrogen functional groups attached to an aromatic ring is 1. The molecule has 0 amide bonds. The molecular formula is C16H23N5O5S. The van der Waals surface area contributed by atoms with Crippen LogP contribution < -0.4 is 11.3 Å². The van der Waals surface area contributed by atoms with E-state index in [2.05, 4.69) is 27.6 Å². The normalized spacial score (nSPS) is 25.2. The van der Waals surface area contributed by atoms with E-state index in [4.69, 9.17) is 15.2 Å². The lowest BCUT2D eigenvalue weighted by Crippen LogP contribution is -2.36. The summed E-state index contributed by atoms with van der Waals surface area (Å²) in [5, 5.41) is 10.6. The van der Waals surface area contributed by atoms with Gasteiger partial charge < -0.3 is 20.3 Å². The third-order valence-electron chi connectivity index (χ3n) is 4.42. The number of aromatic amines is 1. The Labute approximate surface area is 160 Å². The van der Waals surface area contributed by atoms with E-state index in [1.54, 1.807) is 11.5 Å². The Morgan fingerprint density at radius 3 is 2.81 bits per heavy atom. The first-order chi connectivity index (χ1) is 12.9. The maximum absolute atomic E-state index is 12.2. The van der Waals surface area contributed by atoms with Crippen LogP contribution in [0, 0.1) is 0 Å². The number of carbonyl (C=O) groups excluding carboxylic acids is 1. The molecule has 2 aromatic heterocycles. The molecule has 3 heterocycles. The minimum atomic E-state index is -1.07. The Morgan fingerprint density at radius 1 is 1.44 bits per heavy atom. The Kier molecular flexibility index (Phi) is 5.72. The number of aryl methyl sites for hydroxylation is 1. The van der Waals surface area contributed by atoms with Gasteiger partial charge in [0.25, 0.3) is 5.56 Å². The lowest BCUT2D eigenvalue weighted by molar-refractivity contribution is -0.158. The fourth-order valence-corrected chi connectivity index (χ4v) is 3.45. The standard InChI is InChI=1S/C16H23N5O5S/c1-3-5-8-18-10-13(19-16(17)20-14(10)24)21(8)15-12(26-9(22)4-2)11(23)7(6-27)25-15/h7,11-12,15,23,27H,3-6H2,1-2H3,(H3,17,19,20,24)/t7-,11-,12-,15-/m1/s1. The van der Waals surface area contributed by atoms with Crippen LogP contribution in [0.25, 0.3) is 11.2 Å². The first-order valence-corrected chi connectivity index (χ1v) is 9.44. The molecule has 1 aliphatic heterocycles. The van der Waals surface area contributed by atoms with Gasteiger partial charge in [0, 0.05) is 18.6 Å². The third-order valence-corrected chi connectivity index (χ3v) is 4.78. The predicted octanol–water partition coefficient (Wildman–Crippen LogP) is 0.164. The Hall–Kier alpha value is -2.11. The zero-order valence-corrected chi connectivity index (χ0v) is 16.0. The molecule has 0 unspecified atom stereocenters. The number of fused-ring (bicyclic) bond motifs is 1. The fourth-order valence-electron chi connectivity index (χ4n) is 3.15. The van der Waals surface area contributed by atoms with E-state index in [1.165, 1.54) is 0 Å². The van der Waals surface area contributed by atoms with Gasteiger partial charge in [-0.1, -0.05) is 13.8 Å². The highest BCUT2D eigenvalue weighted by Gasteiger charge is 2.48. The van der Waals surface area contributed by atoms with Crippen LogP contribution in [0.15, 0.2) is 4.79 Å². The first kappa shape index (κ1) is 19.6. The fraction of sp³-hybridized carbons (Fsp3) is 0.625. The summed E-state index contributed by atoms with van der Waals surface area (Å²) in [5.74, 6) is 0.219. The SMILES string of the molecule is CCCc1nc2c(=O)[nH]c(N)nc2n1[C@@H]1O[C@H](CS)[C@@H](O)[C@H]1OC(=O)CC. The van der Waals surface area contributed by atoms with Crippen molar-refractivity contribution < 1.29 is 19.4 Å². The molecule has 0 bridgehead atoms. The highest BCUT2D eigenvalue weighted by atomic mass is 32.1. The van der Waals surface area contributed by atoms with Crippen LogP contribution in [-0.2, 0) is 20.7 Å². The van der Waals surface area contributed by atoms with Gasteiger partial charge in [0.05, 0.1) is 6.10 Å². The third kappa shape index (κ3) is 3.54. The van der Waals surface area contributed by atoms with Gasteiger partial charge in [-0.25, -0.2) is 4.98 Å². The Morgan fingerprint density at radius 2 is 2.19 bits per heavy atom. The van der Waals surface area contributed by atoms with Crippen LogP contribution in [0.2, 0.25) is 0 Å². The lowest BCUT2D eigenvalue weighted by Gasteiger charge is -2.23. The summed E-state index contributed by atoms with van der Waals surface area (Å²) in [5.41, 5.74) is 5.55. The number of thiol groups is 1. The molecule has 1 aliphatic rings. The average molecular weight is 397 g/mol. The molecule has 0 saturated carbocycles. The molecular weight excluding hydrogens is 374 g/mol. The summed E-state index contributed by atoms with van der Waals surface area (Å²) in [7, 11) is 0. The maximum atomic E-state index is 12.2. The second-order valence-corrected chi connectivity index (χ2v) is 6.68. The zero-order chi connectivity index (χ0) is 19.7. The highest BCUT2D eigenvalue weighted by Crippen LogP contribution is 2.35. The van der Waals surface area contributed by atoms with Crippen molar-refractivity contribution in [3.63, 3.8) is 0 Å². The number of nitrogens with one attached hydrogen (secondary N) is 1. The molecule has 3 rings (SSSR count). The van der Waals surface area contributed by atoms with Crippen LogP contribution >= 0.6 is 12.6 Å². The number of esters is 1. The van der Waals surface area contributed by atoms with Gasteiger partial charge in [-0.2, -0.15) is 17.6 Å². The summed E-state index contributed by atoms with van der Waals surface area (Å²) in [6.07, 6.45) is -2.17. The molecule has 148 valence electrons. The van der Waals surface area contributed by atoms with Crippen molar-refractivity contribution in [2.45, 2.75) is 57.6 Å². The second kappa shape index (κ2) is 7.87. The van der Waals surface area contributed by atoms with Gasteiger partial charge in [0.15, 0.2) is 23.5 Å². The molecule has 0 spiro atoms. The van der Waals surface area contributed by atoms with E-state index in [1.807, 2.05) is 6.92 Å². The highest BCUT2D eigenvalue weighted by molar-refractivity contribution is 7.80. The molecule has 1 saturated heterocycles. The predicted molar refractivity (Wildman–Crippen MR) is 100 cm³/mol. The molecule has 10 nitrogen and oxygen atoms in total. The number of hydrogen-bond acceptors (Lipinski definition) is 9. The Bertz CT molecular complexity index is 897. The van der Waals surface area contributed by atoms with Gasteiger partial charge >= 0.3 is 5.97 Å². The number of aromatic nitrogens is 4. The zero-order valence-electron chi connectivity index (χ0n) is 15.1. The maximum Gasteiger partial charge on any atom is 0.306 e. The monoisotopic (exact) mass is 397 g/mol. The number of nitrogens with two attached hydrogens (primary N) is 1. The number of nitrogens with zero attached hydrogens (tertiary/aromatic N) is 3. The van der Waals surface area contributed by atoms with Crippen molar-refractivity contribution >= 4 is 35.7 Å². The number of rotatable bonds is 6. The van der Waals surface area contributed by atoms with Gasteiger partial charge in [0.1, 0.15) is 11.9 Å². The Balaban J connectivity index is 2.16. The molecule has 0 radical (unpaired) electrons. The van der Waals surface area contributed by atoms with E-state index >= 15 is 0 Å². The van der Waals surface area contributed by atoms with Crippen molar-refractivity contribution in [3.8, 4) is 0 Å².